The van der Waals surface area contributed by atoms with Gasteiger partial charge in [0.05, 0.1) is 12.6 Å². The Morgan fingerprint density at radius 3 is 2.76 bits per heavy atom. The lowest BCUT2D eigenvalue weighted by molar-refractivity contribution is 0.414. The van der Waals surface area contributed by atoms with Gasteiger partial charge in [-0.05, 0) is 36.2 Å². The number of benzene rings is 2. The first kappa shape index (κ1) is 22.7. The van der Waals surface area contributed by atoms with Crippen molar-refractivity contribution in [1.29, 1.82) is 0 Å². The number of hydrogen-bond donors (Lipinski definition) is 0. The van der Waals surface area contributed by atoms with E-state index >= 15 is 0 Å². The van der Waals surface area contributed by atoms with Crippen LogP contribution < -0.4 is 9.64 Å². The molecule has 8 nitrogen and oxygen atoms in total. The fourth-order valence-corrected chi connectivity index (χ4v) is 6.53. The summed E-state index contributed by atoms with van der Waals surface area (Å²) in [4.78, 5) is 11.5. The highest BCUT2D eigenvalue weighted by molar-refractivity contribution is 7.89. The first-order chi connectivity index (χ1) is 16.5. The van der Waals surface area contributed by atoms with Crippen molar-refractivity contribution < 1.29 is 13.2 Å². The van der Waals surface area contributed by atoms with Crippen LogP contribution in [0.1, 0.15) is 17.8 Å². The van der Waals surface area contributed by atoms with Gasteiger partial charge in [-0.2, -0.15) is 8.68 Å². The summed E-state index contributed by atoms with van der Waals surface area (Å²) in [5.41, 5.74) is 1.60. The predicted molar refractivity (Wildman–Crippen MR) is 133 cm³/mol. The maximum absolute atomic E-state index is 13.5. The zero-order chi connectivity index (χ0) is 23.5. The molecule has 0 bridgehead atoms. The van der Waals surface area contributed by atoms with Crippen LogP contribution in [0.5, 0.6) is 5.75 Å². The van der Waals surface area contributed by atoms with Crippen molar-refractivity contribution in [2.75, 3.05) is 38.2 Å². The Bertz CT molecular complexity index is 1400. The zero-order valence-corrected chi connectivity index (χ0v) is 20.4. The van der Waals surface area contributed by atoms with E-state index in [0.29, 0.717) is 38.0 Å². The van der Waals surface area contributed by atoms with E-state index < -0.39 is 10.0 Å². The number of aromatic nitrogens is 3. The van der Waals surface area contributed by atoms with E-state index in [2.05, 4.69) is 14.3 Å². The zero-order valence-electron chi connectivity index (χ0n) is 18.8. The quantitative estimate of drug-likeness (QED) is 0.404. The predicted octanol–water partition coefficient (Wildman–Crippen LogP) is 3.59. The molecular weight excluding hydrogens is 470 g/mol. The summed E-state index contributed by atoms with van der Waals surface area (Å²) in [5.74, 6) is 1.56. The molecule has 0 N–H and O–H groups in total. The van der Waals surface area contributed by atoms with Gasteiger partial charge in [0.2, 0.25) is 15.2 Å². The molecule has 176 valence electrons. The average Bonchev–Trinajstić information content (AvgIpc) is 3.17. The first-order valence-corrected chi connectivity index (χ1v) is 13.3. The van der Waals surface area contributed by atoms with Crippen molar-refractivity contribution in [3.05, 3.63) is 72.2 Å². The number of fused-ring (bicyclic) bond motifs is 1. The molecule has 5 rings (SSSR count). The van der Waals surface area contributed by atoms with Gasteiger partial charge in [-0.1, -0.05) is 30.3 Å². The van der Waals surface area contributed by atoms with Gasteiger partial charge < -0.3 is 9.64 Å². The summed E-state index contributed by atoms with van der Waals surface area (Å²) < 4.78 is 38.4. The molecule has 10 heteroatoms. The first-order valence-electron chi connectivity index (χ1n) is 11.1. The molecule has 2 aromatic heterocycles. The monoisotopic (exact) mass is 495 g/mol. The molecule has 1 aliphatic heterocycles. The van der Waals surface area contributed by atoms with Crippen LogP contribution in [0.15, 0.2) is 65.7 Å². The van der Waals surface area contributed by atoms with Crippen LogP contribution in [0.4, 0.5) is 5.13 Å². The third-order valence-corrected chi connectivity index (χ3v) is 8.64. The molecule has 34 heavy (non-hydrogen) atoms. The van der Waals surface area contributed by atoms with Crippen molar-refractivity contribution in [2.24, 2.45) is 0 Å². The molecule has 0 saturated carbocycles. The molecule has 1 aliphatic rings. The minimum absolute atomic E-state index is 0.260. The molecular formula is C24H25N5O3S2. The third kappa shape index (κ3) is 4.61. The second-order valence-corrected chi connectivity index (χ2v) is 10.7. The Kier molecular flexibility index (Phi) is 6.44. The van der Waals surface area contributed by atoms with Crippen LogP contribution in [-0.2, 0) is 16.4 Å². The highest BCUT2D eigenvalue weighted by Gasteiger charge is 2.29. The maximum Gasteiger partial charge on any atom is 0.245 e. The summed E-state index contributed by atoms with van der Waals surface area (Å²) in [6, 6.07) is 16.9. The number of pyridine rings is 1. The van der Waals surface area contributed by atoms with Crippen molar-refractivity contribution in [3.63, 3.8) is 0 Å². The van der Waals surface area contributed by atoms with Crippen molar-refractivity contribution >= 4 is 37.6 Å². The highest BCUT2D eigenvalue weighted by Crippen LogP contribution is 2.26. The Morgan fingerprint density at radius 1 is 1.03 bits per heavy atom. The largest absolute Gasteiger partial charge is 0.497 e. The van der Waals surface area contributed by atoms with Gasteiger partial charge in [0.1, 0.15) is 16.5 Å². The molecule has 3 heterocycles. The normalized spacial score (nSPS) is 15.4. The van der Waals surface area contributed by atoms with Crippen LogP contribution in [0.3, 0.4) is 0 Å². The minimum Gasteiger partial charge on any atom is -0.497 e. The fourth-order valence-electron chi connectivity index (χ4n) is 4.16. The Balaban J connectivity index is 1.30. The summed E-state index contributed by atoms with van der Waals surface area (Å²) in [6.45, 7) is 2.13. The van der Waals surface area contributed by atoms with E-state index in [4.69, 9.17) is 9.72 Å². The maximum atomic E-state index is 13.5. The van der Waals surface area contributed by atoms with Gasteiger partial charge in [-0.3, -0.25) is 4.98 Å². The van der Waals surface area contributed by atoms with Gasteiger partial charge in [0.15, 0.2) is 0 Å². The number of para-hydroxylation sites is 1. The molecule has 0 spiro atoms. The molecule has 0 unspecified atom stereocenters. The smallest absolute Gasteiger partial charge is 0.245 e. The second-order valence-electron chi connectivity index (χ2n) is 8.10. The molecule has 1 saturated heterocycles. The Hall–Kier alpha value is -3.08. The molecule has 0 atom stereocenters. The lowest BCUT2D eigenvalue weighted by Gasteiger charge is -2.21. The van der Waals surface area contributed by atoms with Crippen LogP contribution >= 0.6 is 11.5 Å². The lowest BCUT2D eigenvalue weighted by atomic mass is 10.1. The minimum atomic E-state index is -3.66. The molecule has 1 fully saturated rings. The van der Waals surface area contributed by atoms with Crippen molar-refractivity contribution in [2.45, 2.75) is 17.7 Å². The van der Waals surface area contributed by atoms with E-state index in [1.165, 1.54) is 11.5 Å². The number of anilines is 1. The standard InChI is InChI=1S/C24H25N5O3S2/c1-32-20-9-2-6-18(16-20)17-22-26-24(33-27-22)28-12-5-13-29(15-14-28)34(30,31)21-10-3-7-19-8-4-11-25-23(19)21/h2-4,6-11,16H,5,12-15,17H2,1H3. The van der Waals surface area contributed by atoms with Crippen LogP contribution in [0.2, 0.25) is 0 Å². The lowest BCUT2D eigenvalue weighted by Crippen LogP contribution is -2.35. The highest BCUT2D eigenvalue weighted by atomic mass is 32.2. The topological polar surface area (TPSA) is 88.5 Å². The van der Waals surface area contributed by atoms with Crippen LogP contribution in [0, 0.1) is 0 Å². The summed E-state index contributed by atoms with van der Waals surface area (Å²) in [5, 5.41) is 1.64. The van der Waals surface area contributed by atoms with Gasteiger partial charge in [0.25, 0.3) is 0 Å². The van der Waals surface area contributed by atoms with E-state index in [1.54, 1.807) is 29.7 Å². The number of hydrogen-bond acceptors (Lipinski definition) is 8. The van der Waals surface area contributed by atoms with Gasteiger partial charge in [-0.25, -0.2) is 13.4 Å². The SMILES string of the molecule is COc1cccc(Cc2nsc(N3CCCN(S(=O)(=O)c4cccc5cccnc45)CC3)n2)c1. The summed E-state index contributed by atoms with van der Waals surface area (Å²) in [6.07, 6.45) is 2.96. The average molecular weight is 496 g/mol. The number of rotatable bonds is 6. The summed E-state index contributed by atoms with van der Waals surface area (Å²) >= 11 is 1.36. The van der Waals surface area contributed by atoms with E-state index in [1.807, 2.05) is 42.5 Å². The molecule has 0 radical (unpaired) electrons. The second kappa shape index (κ2) is 9.65. The number of sulfonamides is 1. The number of ether oxygens (including phenoxy) is 1. The van der Waals surface area contributed by atoms with Gasteiger partial charge in [0, 0.05) is 55.7 Å². The Morgan fingerprint density at radius 2 is 1.88 bits per heavy atom. The van der Waals surface area contributed by atoms with Gasteiger partial charge >= 0.3 is 0 Å². The third-order valence-electron chi connectivity index (χ3n) is 5.89. The molecule has 0 amide bonds. The number of nitrogens with zero attached hydrogens (tertiary/aromatic N) is 5. The summed E-state index contributed by atoms with van der Waals surface area (Å²) in [7, 11) is -2.01. The van der Waals surface area contributed by atoms with Gasteiger partial charge in [-0.15, -0.1) is 0 Å². The van der Waals surface area contributed by atoms with Crippen LogP contribution in [-0.4, -0.2) is 60.4 Å². The van der Waals surface area contributed by atoms with Crippen LogP contribution in [0.25, 0.3) is 10.9 Å². The van der Waals surface area contributed by atoms with E-state index in [9.17, 15) is 8.42 Å². The van der Waals surface area contributed by atoms with Crippen molar-refractivity contribution in [3.8, 4) is 5.75 Å². The van der Waals surface area contributed by atoms with Crippen molar-refractivity contribution in [1.82, 2.24) is 18.6 Å². The number of methoxy groups -OCH3 is 1. The van der Waals surface area contributed by atoms with E-state index in [-0.39, 0.29) is 4.90 Å². The Labute approximate surface area is 203 Å². The van der Waals surface area contributed by atoms with E-state index in [0.717, 1.165) is 34.2 Å². The molecule has 0 aliphatic carbocycles. The molecule has 2 aromatic carbocycles. The molecule has 4 aromatic rings. The fraction of sp³-hybridized carbons (Fsp3) is 0.292.